The van der Waals surface area contributed by atoms with Crippen LogP contribution < -0.4 is 4.90 Å². The van der Waals surface area contributed by atoms with Crippen molar-refractivity contribution in [1.82, 2.24) is 15.0 Å². The van der Waals surface area contributed by atoms with E-state index >= 15 is 0 Å². The summed E-state index contributed by atoms with van der Waals surface area (Å²) < 4.78 is 1.37. The minimum Gasteiger partial charge on any atom is -0.476 e. The van der Waals surface area contributed by atoms with Gasteiger partial charge >= 0.3 is 5.97 Å². The van der Waals surface area contributed by atoms with Gasteiger partial charge in [-0.05, 0) is 38.0 Å². The SMILES string of the molecule is CCc1c(C(=O)O)nnn1CC(=O)N(CC)c1cccc(C)c1. The van der Waals surface area contributed by atoms with Crippen LogP contribution in [0.3, 0.4) is 0 Å². The molecule has 23 heavy (non-hydrogen) atoms. The topological polar surface area (TPSA) is 88.3 Å². The van der Waals surface area contributed by atoms with Crippen LogP contribution >= 0.6 is 0 Å². The second kappa shape index (κ2) is 7.04. The van der Waals surface area contributed by atoms with Crippen molar-refractivity contribution < 1.29 is 14.7 Å². The van der Waals surface area contributed by atoms with Crippen LogP contribution in [0.1, 0.15) is 35.6 Å². The minimum atomic E-state index is -1.13. The molecule has 0 bridgehead atoms. The molecule has 1 amide bonds. The molecule has 122 valence electrons. The van der Waals surface area contributed by atoms with E-state index in [4.69, 9.17) is 5.11 Å². The van der Waals surface area contributed by atoms with Crippen LogP contribution in [0, 0.1) is 6.92 Å². The fraction of sp³-hybridized carbons (Fsp3) is 0.375. The van der Waals surface area contributed by atoms with Gasteiger partial charge in [0.25, 0.3) is 0 Å². The third-order valence-electron chi connectivity index (χ3n) is 3.59. The number of hydrogen-bond donors (Lipinski definition) is 1. The van der Waals surface area contributed by atoms with Crippen LogP contribution in [-0.4, -0.2) is 38.5 Å². The van der Waals surface area contributed by atoms with E-state index in [1.165, 1.54) is 4.68 Å². The lowest BCUT2D eigenvalue weighted by Gasteiger charge is -2.21. The predicted molar refractivity (Wildman–Crippen MR) is 85.6 cm³/mol. The molecular weight excluding hydrogens is 296 g/mol. The Balaban J connectivity index is 2.25. The van der Waals surface area contributed by atoms with Gasteiger partial charge in [0.15, 0.2) is 5.69 Å². The molecule has 0 aliphatic rings. The maximum atomic E-state index is 12.6. The molecule has 1 aromatic heterocycles. The van der Waals surface area contributed by atoms with Crippen LogP contribution in [0.25, 0.3) is 0 Å². The van der Waals surface area contributed by atoms with Crippen molar-refractivity contribution in [2.24, 2.45) is 0 Å². The molecule has 1 aromatic carbocycles. The summed E-state index contributed by atoms with van der Waals surface area (Å²) in [6, 6.07) is 7.68. The molecular formula is C16H20N4O3. The Kier molecular flexibility index (Phi) is 5.10. The summed E-state index contributed by atoms with van der Waals surface area (Å²) in [5, 5.41) is 16.6. The largest absolute Gasteiger partial charge is 0.476 e. The molecule has 0 unspecified atom stereocenters. The highest BCUT2D eigenvalue weighted by Gasteiger charge is 2.21. The van der Waals surface area contributed by atoms with Gasteiger partial charge in [0.2, 0.25) is 5.91 Å². The summed E-state index contributed by atoms with van der Waals surface area (Å²) in [7, 11) is 0. The zero-order valence-corrected chi connectivity index (χ0v) is 13.5. The van der Waals surface area contributed by atoms with Gasteiger partial charge in [-0.1, -0.05) is 24.3 Å². The number of hydrogen-bond acceptors (Lipinski definition) is 4. The monoisotopic (exact) mass is 316 g/mol. The van der Waals surface area contributed by atoms with E-state index in [0.29, 0.717) is 18.7 Å². The number of likely N-dealkylation sites (N-methyl/N-ethyl adjacent to an activating group) is 1. The predicted octanol–water partition coefficient (Wildman–Crippen LogP) is 1.90. The van der Waals surface area contributed by atoms with Gasteiger partial charge in [0.05, 0.1) is 5.69 Å². The van der Waals surface area contributed by atoms with Gasteiger partial charge in [0, 0.05) is 12.2 Å². The average Bonchev–Trinajstić information content (AvgIpc) is 2.91. The van der Waals surface area contributed by atoms with Crippen molar-refractivity contribution in [2.75, 3.05) is 11.4 Å². The number of aromatic carboxylic acids is 1. The summed E-state index contributed by atoms with van der Waals surface area (Å²) in [6.07, 6.45) is 0.443. The first-order valence-corrected chi connectivity index (χ1v) is 7.50. The first-order valence-electron chi connectivity index (χ1n) is 7.50. The Labute approximate surface area is 134 Å². The second-order valence-electron chi connectivity index (χ2n) is 5.18. The summed E-state index contributed by atoms with van der Waals surface area (Å²) >= 11 is 0. The number of rotatable bonds is 6. The van der Waals surface area contributed by atoms with E-state index in [9.17, 15) is 9.59 Å². The maximum Gasteiger partial charge on any atom is 0.358 e. The molecule has 7 nitrogen and oxygen atoms in total. The number of benzene rings is 1. The molecule has 2 rings (SSSR count). The number of amides is 1. The standard InChI is InChI=1S/C16H20N4O3/c1-4-13-15(16(22)23)17-18-20(13)10-14(21)19(5-2)12-8-6-7-11(3)9-12/h6-9H,4-5,10H2,1-3H3,(H,22,23). The van der Waals surface area contributed by atoms with Gasteiger partial charge in [-0.25, -0.2) is 9.48 Å². The highest BCUT2D eigenvalue weighted by Crippen LogP contribution is 2.17. The average molecular weight is 316 g/mol. The van der Waals surface area contributed by atoms with Gasteiger partial charge in [-0.2, -0.15) is 0 Å². The number of aryl methyl sites for hydroxylation is 1. The second-order valence-corrected chi connectivity index (χ2v) is 5.18. The highest BCUT2D eigenvalue weighted by molar-refractivity contribution is 5.93. The lowest BCUT2D eigenvalue weighted by molar-refractivity contribution is -0.119. The van der Waals surface area contributed by atoms with Gasteiger partial charge in [-0.15, -0.1) is 5.10 Å². The number of carbonyl (C=O) groups excluding carboxylic acids is 1. The Morgan fingerprint density at radius 3 is 2.61 bits per heavy atom. The third-order valence-corrected chi connectivity index (χ3v) is 3.59. The number of nitrogens with zero attached hydrogens (tertiary/aromatic N) is 4. The minimum absolute atomic E-state index is 0.0365. The van der Waals surface area contributed by atoms with E-state index in [-0.39, 0.29) is 18.1 Å². The van der Waals surface area contributed by atoms with Crippen LogP contribution in [0.2, 0.25) is 0 Å². The smallest absolute Gasteiger partial charge is 0.358 e. The lowest BCUT2D eigenvalue weighted by Crippen LogP contribution is -2.34. The summed E-state index contributed by atoms with van der Waals surface area (Å²) in [5.74, 6) is -1.29. The Morgan fingerprint density at radius 2 is 2.04 bits per heavy atom. The van der Waals surface area contributed by atoms with Crippen LogP contribution in [0.4, 0.5) is 5.69 Å². The van der Waals surface area contributed by atoms with E-state index in [2.05, 4.69) is 10.3 Å². The lowest BCUT2D eigenvalue weighted by atomic mass is 10.2. The van der Waals surface area contributed by atoms with Gasteiger partial charge in [0.1, 0.15) is 6.54 Å². The molecule has 1 heterocycles. The molecule has 0 spiro atoms. The highest BCUT2D eigenvalue weighted by atomic mass is 16.4. The molecule has 1 N–H and O–H groups in total. The first-order chi connectivity index (χ1) is 11.0. The fourth-order valence-electron chi connectivity index (χ4n) is 2.49. The Hall–Kier alpha value is -2.70. The van der Waals surface area contributed by atoms with Crippen LogP contribution in [0.15, 0.2) is 24.3 Å². The van der Waals surface area contributed by atoms with E-state index in [1.807, 2.05) is 45.0 Å². The number of carboxylic acids is 1. The molecule has 0 fully saturated rings. The summed E-state index contributed by atoms with van der Waals surface area (Å²) in [5.41, 5.74) is 2.23. The van der Waals surface area contributed by atoms with Crippen molar-refractivity contribution >= 4 is 17.6 Å². The zero-order valence-electron chi connectivity index (χ0n) is 13.5. The molecule has 0 aliphatic heterocycles. The first kappa shape index (κ1) is 16.7. The summed E-state index contributed by atoms with van der Waals surface area (Å²) in [4.78, 5) is 25.4. The van der Waals surface area contributed by atoms with Crippen molar-refractivity contribution in [3.05, 3.63) is 41.2 Å². The van der Waals surface area contributed by atoms with Crippen LogP contribution in [-0.2, 0) is 17.8 Å². The normalized spacial score (nSPS) is 10.6. The number of anilines is 1. The van der Waals surface area contributed by atoms with Gasteiger partial charge in [-0.3, -0.25) is 4.79 Å². The van der Waals surface area contributed by atoms with E-state index in [1.54, 1.807) is 4.90 Å². The molecule has 0 aliphatic carbocycles. The van der Waals surface area contributed by atoms with E-state index < -0.39 is 5.97 Å². The molecule has 2 aromatic rings. The van der Waals surface area contributed by atoms with E-state index in [0.717, 1.165) is 11.3 Å². The fourth-order valence-corrected chi connectivity index (χ4v) is 2.49. The quantitative estimate of drug-likeness (QED) is 0.879. The van der Waals surface area contributed by atoms with Gasteiger partial charge < -0.3 is 10.0 Å². The van der Waals surface area contributed by atoms with Crippen molar-refractivity contribution in [3.8, 4) is 0 Å². The van der Waals surface area contributed by atoms with Crippen molar-refractivity contribution in [3.63, 3.8) is 0 Å². The molecule has 0 atom stereocenters. The molecule has 0 radical (unpaired) electrons. The Bertz CT molecular complexity index is 724. The van der Waals surface area contributed by atoms with Crippen molar-refractivity contribution in [1.29, 1.82) is 0 Å². The molecule has 0 saturated carbocycles. The van der Waals surface area contributed by atoms with Crippen molar-refractivity contribution in [2.45, 2.75) is 33.7 Å². The number of aromatic nitrogens is 3. The maximum absolute atomic E-state index is 12.6. The van der Waals surface area contributed by atoms with Crippen LogP contribution in [0.5, 0.6) is 0 Å². The molecule has 7 heteroatoms. The zero-order chi connectivity index (χ0) is 17.0. The molecule has 0 saturated heterocycles. The third kappa shape index (κ3) is 3.56. The number of carboxylic acid groups (broad SMARTS) is 1. The number of carbonyl (C=O) groups is 2. The summed E-state index contributed by atoms with van der Waals surface area (Å²) in [6.45, 7) is 6.15. The Morgan fingerprint density at radius 1 is 1.30 bits per heavy atom.